The van der Waals surface area contributed by atoms with E-state index in [2.05, 4.69) is 17.3 Å². The van der Waals surface area contributed by atoms with E-state index >= 15 is 0 Å². The first-order chi connectivity index (χ1) is 7.40. The molecule has 88 valence electrons. The summed E-state index contributed by atoms with van der Waals surface area (Å²) in [6, 6.07) is 1.70. The van der Waals surface area contributed by atoms with Crippen LogP contribution in [0.3, 0.4) is 0 Å². The summed E-state index contributed by atoms with van der Waals surface area (Å²) in [5, 5.41) is 3.44. The Labute approximate surface area is 94.4 Å². The Morgan fingerprint density at radius 3 is 2.40 bits per heavy atom. The Balaban J connectivity index is 1.81. The van der Waals surface area contributed by atoms with E-state index in [0.717, 1.165) is 12.1 Å². The van der Waals surface area contributed by atoms with Crippen molar-refractivity contribution in [2.45, 2.75) is 63.5 Å². The van der Waals surface area contributed by atoms with Crippen molar-refractivity contribution < 1.29 is 0 Å². The number of rotatable bonds is 2. The molecule has 0 aromatic carbocycles. The zero-order valence-corrected chi connectivity index (χ0v) is 10.2. The van der Waals surface area contributed by atoms with E-state index in [1.54, 1.807) is 0 Å². The van der Waals surface area contributed by atoms with Crippen molar-refractivity contribution in [1.29, 1.82) is 0 Å². The minimum atomic E-state index is 0.776. The van der Waals surface area contributed by atoms with Crippen molar-refractivity contribution in [2.24, 2.45) is 0 Å². The number of nitrogens with one attached hydrogen (secondary N) is 1. The predicted octanol–water partition coefficient (Wildman–Crippen LogP) is 2.39. The molecule has 0 aromatic rings. The van der Waals surface area contributed by atoms with Crippen LogP contribution in [0, 0.1) is 0 Å². The third-order valence-corrected chi connectivity index (χ3v) is 4.26. The van der Waals surface area contributed by atoms with Gasteiger partial charge in [-0.15, -0.1) is 0 Å². The highest BCUT2D eigenvalue weighted by atomic mass is 15.2. The number of likely N-dealkylation sites (tertiary alicyclic amines) is 1. The van der Waals surface area contributed by atoms with Crippen molar-refractivity contribution in [2.75, 3.05) is 20.1 Å². The van der Waals surface area contributed by atoms with Crippen LogP contribution in [0.4, 0.5) is 0 Å². The SMILES string of the molecule is CNC1CCCN(C2CCCCC2)CC1. The van der Waals surface area contributed by atoms with Crippen LogP contribution in [0.5, 0.6) is 0 Å². The molecule has 0 bridgehead atoms. The highest BCUT2D eigenvalue weighted by Crippen LogP contribution is 2.24. The van der Waals surface area contributed by atoms with Gasteiger partial charge in [0.2, 0.25) is 0 Å². The van der Waals surface area contributed by atoms with E-state index in [1.165, 1.54) is 64.5 Å². The van der Waals surface area contributed by atoms with Gasteiger partial charge in [-0.2, -0.15) is 0 Å². The van der Waals surface area contributed by atoms with Crippen LogP contribution in [-0.4, -0.2) is 37.1 Å². The maximum Gasteiger partial charge on any atom is 0.00952 e. The van der Waals surface area contributed by atoms with Gasteiger partial charge in [0.05, 0.1) is 0 Å². The summed E-state index contributed by atoms with van der Waals surface area (Å²) in [5.74, 6) is 0. The summed E-state index contributed by atoms with van der Waals surface area (Å²) in [5.41, 5.74) is 0. The van der Waals surface area contributed by atoms with Crippen LogP contribution < -0.4 is 5.32 Å². The lowest BCUT2D eigenvalue weighted by Crippen LogP contribution is -2.38. The van der Waals surface area contributed by atoms with Gasteiger partial charge < -0.3 is 10.2 Å². The van der Waals surface area contributed by atoms with Crippen molar-refractivity contribution in [3.63, 3.8) is 0 Å². The summed E-state index contributed by atoms with van der Waals surface area (Å²) in [7, 11) is 2.11. The maximum absolute atomic E-state index is 3.44. The monoisotopic (exact) mass is 210 g/mol. The average Bonchev–Trinajstić information content (AvgIpc) is 2.55. The fourth-order valence-corrected chi connectivity index (χ4v) is 3.22. The molecule has 2 heteroatoms. The van der Waals surface area contributed by atoms with E-state index in [4.69, 9.17) is 0 Å². The molecule has 15 heavy (non-hydrogen) atoms. The molecule has 2 nitrogen and oxygen atoms in total. The first-order valence-electron chi connectivity index (χ1n) is 6.81. The van der Waals surface area contributed by atoms with E-state index in [1.807, 2.05) is 0 Å². The predicted molar refractivity (Wildman–Crippen MR) is 65.1 cm³/mol. The lowest BCUT2D eigenvalue weighted by molar-refractivity contribution is 0.161. The van der Waals surface area contributed by atoms with E-state index in [-0.39, 0.29) is 0 Å². The third-order valence-electron chi connectivity index (χ3n) is 4.26. The number of nitrogens with zero attached hydrogens (tertiary/aromatic N) is 1. The molecule has 1 unspecified atom stereocenters. The van der Waals surface area contributed by atoms with E-state index < -0.39 is 0 Å². The molecule has 1 N–H and O–H groups in total. The smallest absolute Gasteiger partial charge is 0.00952 e. The summed E-state index contributed by atoms with van der Waals surface area (Å²) >= 11 is 0. The maximum atomic E-state index is 3.44. The first-order valence-corrected chi connectivity index (χ1v) is 6.81. The largest absolute Gasteiger partial charge is 0.317 e. The van der Waals surface area contributed by atoms with Crippen molar-refractivity contribution in [3.05, 3.63) is 0 Å². The molecule has 0 aromatic heterocycles. The van der Waals surface area contributed by atoms with Gasteiger partial charge in [-0.05, 0) is 52.2 Å². The van der Waals surface area contributed by atoms with E-state index in [9.17, 15) is 0 Å². The van der Waals surface area contributed by atoms with Gasteiger partial charge in [0.1, 0.15) is 0 Å². The minimum Gasteiger partial charge on any atom is -0.317 e. The average molecular weight is 210 g/mol. The first kappa shape index (κ1) is 11.4. The summed E-state index contributed by atoms with van der Waals surface area (Å²) < 4.78 is 0. The van der Waals surface area contributed by atoms with Crippen LogP contribution in [0.25, 0.3) is 0 Å². The zero-order valence-electron chi connectivity index (χ0n) is 10.2. The van der Waals surface area contributed by atoms with Crippen LogP contribution >= 0.6 is 0 Å². The molecule has 1 saturated heterocycles. The molecule has 1 aliphatic heterocycles. The minimum absolute atomic E-state index is 0.776. The lowest BCUT2D eigenvalue weighted by atomic mass is 9.94. The van der Waals surface area contributed by atoms with Gasteiger partial charge in [0, 0.05) is 12.1 Å². The molecule has 1 aliphatic carbocycles. The van der Waals surface area contributed by atoms with Gasteiger partial charge in [-0.1, -0.05) is 19.3 Å². The molecule has 2 aliphatic rings. The van der Waals surface area contributed by atoms with Gasteiger partial charge in [-0.25, -0.2) is 0 Å². The highest BCUT2D eigenvalue weighted by Gasteiger charge is 2.23. The van der Waals surface area contributed by atoms with Crippen LogP contribution in [-0.2, 0) is 0 Å². The second-order valence-electron chi connectivity index (χ2n) is 5.24. The normalized spacial score (nSPS) is 31.4. The van der Waals surface area contributed by atoms with Gasteiger partial charge in [-0.3, -0.25) is 0 Å². The zero-order chi connectivity index (χ0) is 10.5. The molecule has 0 radical (unpaired) electrons. The fraction of sp³-hybridized carbons (Fsp3) is 1.00. The molecule has 2 rings (SSSR count). The van der Waals surface area contributed by atoms with Gasteiger partial charge in [0.15, 0.2) is 0 Å². The fourth-order valence-electron chi connectivity index (χ4n) is 3.22. The van der Waals surface area contributed by atoms with Gasteiger partial charge >= 0.3 is 0 Å². The Hall–Kier alpha value is -0.0800. The van der Waals surface area contributed by atoms with Crippen LogP contribution in [0.15, 0.2) is 0 Å². The molecule has 0 amide bonds. The molecular weight excluding hydrogens is 184 g/mol. The van der Waals surface area contributed by atoms with E-state index in [0.29, 0.717) is 0 Å². The number of hydrogen-bond donors (Lipinski definition) is 1. The second-order valence-corrected chi connectivity index (χ2v) is 5.24. The highest BCUT2D eigenvalue weighted by molar-refractivity contribution is 4.80. The molecule has 1 atom stereocenters. The quantitative estimate of drug-likeness (QED) is 0.753. The Kier molecular flexibility index (Phi) is 4.45. The standard InChI is InChI=1S/C13H26N2/c1-14-12-6-5-10-15(11-9-12)13-7-3-2-4-8-13/h12-14H,2-11H2,1H3. The van der Waals surface area contributed by atoms with Crippen LogP contribution in [0.2, 0.25) is 0 Å². The lowest BCUT2D eigenvalue weighted by Gasteiger charge is -2.33. The topological polar surface area (TPSA) is 15.3 Å². The summed E-state index contributed by atoms with van der Waals surface area (Å²) in [6.07, 6.45) is 11.5. The number of hydrogen-bond acceptors (Lipinski definition) is 2. The van der Waals surface area contributed by atoms with Crippen LogP contribution in [0.1, 0.15) is 51.4 Å². The third kappa shape index (κ3) is 3.18. The molecular formula is C13H26N2. The molecule has 1 heterocycles. The molecule has 0 spiro atoms. The molecule has 1 saturated carbocycles. The van der Waals surface area contributed by atoms with Crippen molar-refractivity contribution >= 4 is 0 Å². The van der Waals surface area contributed by atoms with Crippen molar-refractivity contribution in [3.8, 4) is 0 Å². The van der Waals surface area contributed by atoms with Crippen molar-refractivity contribution in [1.82, 2.24) is 10.2 Å². The van der Waals surface area contributed by atoms with Gasteiger partial charge in [0.25, 0.3) is 0 Å². The Morgan fingerprint density at radius 2 is 1.67 bits per heavy atom. The second kappa shape index (κ2) is 5.86. The molecule has 2 fully saturated rings. The Morgan fingerprint density at radius 1 is 0.867 bits per heavy atom. The summed E-state index contributed by atoms with van der Waals surface area (Å²) in [6.45, 7) is 2.68. The summed E-state index contributed by atoms with van der Waals surface area (Å²) in [4.78, 5) is 2.77. The Bertz CT molecular complexity index is 175.